The fourth-order valence-corrected chi connectivity index (χ4v) is 3.81. The van der Waals surface area contributed by atoms with Crippen LogP contribution in [0.1, 0.15) is 53.9 Å². The van der Waals surface area contributed by atoms with Crippen molar-refractivity contribution in [1.29, 1.82) is 0 Å². The third kappa shape index (κ3) is 6.79. The molecule has 0 bridgehead atoms. The highest BCUT2D eigenvalue weighted by Crippen LogP contribution is 2.36. The molecule has 0 amide bonds. The topological polar surface area (TPSA) is 36.9 Å². The van der Waals surface area contributed by atoms with Crippen molar-refractivity contribution in [3.8, 4) is 0 Å². The first-order valence-corrected chi connectivity index (χ1v) is 12.4. The van der Waals surface area contributed by atoms with Crippen molar-refractivity contribution in [3.05, 3.63) is 11.6 Å². The monoisotopic (exact) mass is 372 g/mol. The van der Waals surface area contributed by atoms with Gasteiger partial charge in [0.15, 0.2) is 14.6 Å². The minimum Gasteiger partial charge on any atom is -0.413 e. The first-order valence-electron chi connectivity index (χ1n) is 9.53. The van der Waals surface area contributed by atoms with E-state index in [4.69, 9.17) is 18.6 Å². The summed E-state index contributed by atoms with van der Waals surface area (Å²) in [5.41, 5.74) is 1.22. The second-order valence-electron chi connectivity index (χ2n) is 8.90. The summed E-state index contributed by atoms with van der Waals surface area (Å²) in [6.45, 7) is 16.3. The van der Waals surface area contributed by atoms with Gasteiger partial charge in [-0.2, -0.15) is 0 Å². The third-order valence-corrected chi connectivity index (χ3v) is 10.4. The van der Waals surface area contributed by atoms with Gasteiger partial charge >= 0.3 is 0 Å². The van der Waals surface area contributed by atoms with Gasteiger partial charge in [-0.3, -0.25) is 0 Å². The Labute approximate surface area is 156 Å². The number of rotatable bonds is 8. The van der Waals surface area contributed by atoms with Crippen LogP contribution in [0.15, 0.2) is 11.6 Å². The van der Waals surface area contributed by atoms with E-state index in [1.165, 1.54) is 5.57 Å². The molecule has 4 nitrogen and oxygen atoms in total. The lowest BCUT2D eigenvalue weighted by Gasteiger charge is -2.36. The van der Waals surface area contributed by atoms with Crippen molar-refractivity contribution < 1.29 is 18.6 Å². The lowest BCUT2D eigenvalue weighted by atomic mass is 9.94. The Hall–Kier alpha value is -0.203. The van der Waals surface area contributed by atoms with Gasteiger partial charge in [0.1, 0.15) is 0 Å². The minimum atomic E-state index is -1.71. The SMILES string of the molecule is CO[C@@H]1O[C@H](C[C@H](OC)/C(C)=C/CO[Si](C)(C)C(C)(C)C)CC[C@H]1C. The quantitative estimate of drug-likeness (QED) is 0.436. The van der Waals surface area contributed by atoms with Gasteiger partial charge in [-0.15, -0.1) is 0 Å². The first-order chi connectivity index (χ1) is 11.5. The summed E-state index contributed by atoms with van der Waals surface area (Å²) < 4.78 is 23.5. The second kappa shape index (κ2) is 9.65. The van der Waals surface area contributed by atoms with E-state index >= 15 is 0 Å². The Morgan fingerprint density at radius 2 is 1.88 bits per heavy atom. The van der Waals surface area contributed by atoms with Crippen LogP contribution in [0.3, 0.4) is 0 Å². The molecule has 0 aliphatic carbocycles. The van der Waals surface area contributed by atoms with Crippen LogP contribution < -0.4 is 0 Å². The van der Waals surface area contributed by atoms with Crippen LogP contribution in [0.2, 0.25) is 18.1 Å². The van der Waals surface area contributed by atoms with Crippen molar-refractivity contribution in [1.82, 2.24) is 0 Å². The molecule has 0 radical (unpaired) electrons. The average molecular weight is 373 g/mol. The molecule has 148 valence electrons. The van der Waals surface area contributed by atoms with E-state index in [2.05, 4.69) is 53.8 Å². The minimum absolute atomic E-state index is 0.0685. The maximum atomic E-state index is 6.25. The van der Waals surface area contributed by atoms with Gasteiger partial charge in [0.2, 0.25) is 0 Å². The fraction of sp³-hybridized carbons (Fsp3) is 0.900. The van der Waals surface area contributed by atoms with Crippen molar-refractivity contribution in [2.75, 3.05) is 20.8 Å². The molecule has 5 heteroatoms. The third-order valence-electron chi connectivity index (χ3n) is 5.89. The van der Waals surface area contributed by atoms with Crippen LogP contribution in [0.5, 0.6) is 0 Å². The standard InChI is InChI=1S/C20H40O4Si/c1-15(12-13-23-25(8,9)20(3,4)5)18(21-6)14-17-11-10-16(2)19(22-7)24-17/h12,16-19H,10-11,13-14H2,1-9H3/b15-12+/t16-,17+,18+,19-/m1/s1. The maximum absolute atomic E-state index is 6.25. The van der Waals surface area contributed by atoms with Gasteiger partial charge in [0, 0.05) is 26.6 Å². The highest BCUT2D eigenvalue weighted by atomic mass is 28.4. The summed E-state index contributed by atoms with van der Waals surface area (Å²) in [5.74, 6) is 0.455. The second-order valence-corrected chi connectivity index (χ2v) is 13.7. The fourth-order valence-electron chi connectivity index (χ4n) is 2.87. The molecule has 4 atom stereocenters. The molecule has 0 N–H and O–H groups in total. The van der Waals surface area contributed by atoms with Crippen LogP contribution in [0, 0.1) is 5.92 Å². The predicted octanol–water partition coefficient (Wildman–Crippen LogP) is 5.15. The molecule has 0 aromatic carbocycles. The van der Waals surface area contributed by atoms with Crippen molar-refractivity contribution in [2.45, 2.75) is 90.5 Å². The molecule has 1 heterocycles. The molecule has 1 fully saturated rings. The van der Waals surface area contributed by atoms with Crippen molar-refractivity contribution >= 4 is 8.32 Å². The van der Waals surface area contributed by atoms with Crippen LogP contribution >= 0.6 is 0 Å². The van der Waals surface area contributed by atoms with Gasteiger partial charge in [-0.25, -0.2) is 0 Å². The molecular weight excluding hydrogens is 332 g/mol. The highest BCUT2D eigenvalue weighted by Gasteiger charge is 2.36. The molecular formula is C20H40O4Si. The van der Waals surface area contributed by atoms with E-state index in [0.717, 1.165) is 19.3 Å². The van der Waals surface area contributed by atoms with Crippen molar-refractivity contribution in [2.24, 2.45) is 5.92 Å². The summed E-state index contributed by atoms with van der Waals surface area (Å²) in [4.78, 5) is 0. The van der Waals surface area contributed by atoms with Crippen LogP contribution in [0.4, 0.5) is 0 Å². The van der Waals surface area contributed by atoms with Crippen LogP contribution in [-0.4, -0.2) is 47.6 Å². The summed E-state index contributed by atoms with van der Waals surface area (Å²) in [5, 5.41) is 0.233. The highest BCUT2D eigenvalue weighted by molar-refractivity contribution is 6.74. The Morgan fingerprint density at radius 3 is 2.40 bits per heavy atom. The van der Waals surface area contributed by atoms with Crippen LogP contribution in [0.25, 0.3) is 0 Å². The van der Waals surface area contributed by atoms with Gasteiger partial charge in [0.25, 0.3) is 0 Å². The molecule has 1 aliphatic heterocycles. The number of methoxy groups -OCH3 is 2. The van der Waals surface area contributed by atoms with Gasteiger partial charge in [-0.1, -0.05) is 33.8 Å². The average Bonchev–Trinajstić information content (AvgIpc) is 2.52. The van der Waals surface area contributed by atoms with E-state index < -0.39 is 8.32 Å². The largest absolute Gasteiger partial charge is 0.413 e. The molecule has 1 rings (SSSR count). The zero-order valence-electron chi connectivity index (χ0n) is 17.8. The Morgan fingerprint density at radius 1 is 1.24 bits per heavy atom. The van der Waals surface area contributed by atoms with E-state index in [1.807, 2.05) is 0 Å². The number of hydrogen-bond donors (Lipinski definition) is 0. The van der Waals surface area contributed by atoms with E-state index in [1.54, 1.807) is 14.2 Å². The van der Waals surface area contributed by atoms with Gasteiger partial charge in [0.05, 0.1) is 18.8 Å². The molecule has 0 aromatic heterocycles. The van der Waals surface area contributed by atoms with E-state index in [0.29, 0.717) is 12.5 Å². The predicted molar refractivity (Wildman–Crippen MR) is 106 cm³/mol. The molecule has 1 saturated heterocycles. The zero-order chi connectivity index (χ0) is 19.3. The molecule has 25 heavy (non-hydrogen) atoms. The lowest BCUT2D eigenvalue weighted by molar-refractivity contribution is -0.210. The smallest absolute Gasteiger partial charge is 0.192 e. The normalized spacial score (nSPS) is 27.4. The van der Waals surface area contributed by atoms with E-state index in [-0.39, 0.29) is 23.5 Å². The number of hydrogen-bond acceptors (Lipinski definition) is 4. The molecule has 1 aliphatic rings. The summed E-state index contributed by atoms with van der Waals surface area (Å²) in [6.07, 6.45) is 5.41. The summed E-state index contributed by atoms with van der Waals surface area (Å²) in [7, 11) is 1.79. The van der Waals surface area contributed by atoms with Crippen LogP contribution in [-0.2, 0) is 18.6 Å². The maximum Gasteiger partial charge on any atom is 0.192 e. The Balaban J connectivity index is 2.58. The van der Waals surface area contributed by atoms with Gasteiger partial charge < -0.3 is 18.6 Å². The lowest BCUT2D eigenvalue weighted by Crippen LogP contribution is -2.40. The first kappa shape index (κ1) is 22.8. The Kier molecular flexibility index (Phi) is 8.82. The summed E-state index contributed by atoms with van der Waals surface area (Å²) in [6, 6.07) is 0. The zero-order valence-corrected chi connectivity index (χ0v) is 18.8. The summed E-state index contributed by atoms with van der Waals surface area (Å²) >= 11 is 0. The van der Waals surface area contributed by atoms with E-state index in [9.17, 15) is 0 Å². The Bertz CT molecular complexity index is 428. The molecule has 0 spiro atoms. The molecule has 0 saturated carbocycles. The molecule has 0 aromatic rings. The van der Waals surface area contributed by atoms with Gasteiger partial charge in [-0.05, 0) is 43.5 Å². The van der Waals surface area contributed by atoms with Crippen molar-refractivity contribution in [3.63, 3.8) is 0 Å². The number of ether oxygens (including phenoxy) is 3. The molecule has 0 unspecified atom stereocenters.